The van der Waals surface area contributed by atoms with E-state index in [-0.39, 0.29) is 18.3 Å². The molecule has 2 heterocycles. The van der Waals surface area contributed by atoms with Crippen LogP contribution in [0.1, 0.15) is 16.8 Å². The summed E-state index contributed by atoms with van der Waals surface area (Å²) in [5.74, 6) is 1.51. The molecule has 4 aromatic carbocycles. The first-order valence-corrected chi connectivity index (χ1v) is 14.0. The number of ether oxygens (including phenoxy) is 2. The summed E-state index contributed by atoms with van der Waals surface area (Å²) in [5.41, 5.74) is 4.28. The van der Waals surface area contributed by atoms with Gasteiger partial charge in [0.25, 0.3) is 0 Å². The molecule has 0 spiro atoms. The number of rotatable bonds is 10. The van der Waals surface area contributed by atoms with Gasteiger partial charge < -0.3 is 23.8 Å². The summed E-state index contributed by atoms with van der Waals surface area (Å²) < 4.78 is 27.9. The Balaban J connectivity index is 1.12. The number of anilines is 1. The minimum absolute atomic E-state index is 0.0698. The zero-order valence-electron chi connectivity index (χ0n) is 23.6. The van der Waals surface area contributed by atoms with E-state index in [2.05, 4.69) is 11.6 Å². The molecule has 0 radical (unpaired) electrons. The van der Waals surface area contributed by atoms with E-state index in [0.717, 1.165) is 22.5 Å². The number of imidazole rings is 1. The number of para-hydroxylation sites is 2. The lowest BCUT2D eigenvalue weighted by atomic mass is 10.2. The zero-order chi connectivity index (χ0) is 29.6. The zero-order valence-corrected chi connectivity index (χ0v) is 23.6. The van der Waals surface area contributed by atoms with Crippen molar-refractivity contribution in [3.05, 3.63) is 151 Å². The number of carbonyl (C=O) groups is 1. The Kier molecular flexibility index (Phi) is 8.17. The summed E-state index contributed by atoms with van der Waals surface area (Å²) in [6.07, 6.45) is 3.49. The fourth-order valence-electron chi connectivity index (χ4n) is 5.03. The average molecular weight is 575 g/mol. The normalized spacial score (nSPS) is 13.3. The van der Waals surface area contributed by atoms with E-state index in [1.165, 1.54) is 12.1 Å². The topological polar surface area (TPSA) is 59.8 Å². The second-order valence-electron chi connectivity index (χ2n) is 10.4. The number of hydrogen-bond acceptors (Lipinski definition) is 5. The molecule has 216 valence electrons. The minimum atomic E-state index is -0.275. The molecule has 1 aliphatic rings. The number of benzene rings is 4. The highest BCUT2D eigenvalue weighted by Gasteiger charge is 2.29. The molecule has 5 aromatic rings. The number of hydrogen-bond donors (Lipinski definition) is 0. The summed E-state index contributed by atoms with van der Waals surface area (Å²) in [5, 5.41) is 0. The smallest absolute Gasteiger partial charge is 0.246 e. The van der Waals surface area contributed by atoms with Crippen LogP contribution in [-0.2, 0) is 24.5 Å². The van der Waals surface area contributed by atoms with Crippen molar-refractivity contribution in [2.45, 2.75) is 19.7 Å². The molecule has 0 atom stereocenters. The van der Waals surface area contributed by atoms with Crippen molar-refractivity contribution >= 4 is 11.6 Å². The van der Waals surface area contributed by atoms with Crippen LogP contribution in [0.2, 0.25) is 0 Å². The molecule has 1 aliphatic heterocycles. The van der Waals surface area contributed by atoms with Crippen LogP contribution < -0.4 is 14.4 Å². The largest absolute Gasteiger partial charge is 0.489 e. The summed E-state index contributed by atoms with van der Waals surface area (Å²) in [6.45, 7) is 6.14. The first kappa shape index (κ1) is 27.8. The molecule has 1 fully saturated rings. The lowest BCUT2D eigenvalue weighted by molar-refractivity contribution is -0.120. The van der Waals surface area contributed by atoms with Crippen LogP contribution in [0.15, 0.2) is 128 Å². The number of halogens is 1. The van der Waals surface area contributed by atoms with Crippen LogP contribution in [0, 0.1) is 5.82 Å². The molecule has 0 aliphatic carbocycles. The molecule has 43 heavy (non-hydrogen) atoms. The summed E-state index contributed by atoms with van der Waals surface area (Å²) in [6, 6.07) is 31.4. The lowest BCUT2D eigenvalue weighted by Gasteiger charge is -2.37. The van der Waals surface area contributed by atoms with Crippen molar-refractivity contribution in [3.8, 4) is 17.2 Å². The van der Waals surface area contributed by atoms with Crippen molar-refractivity contribution in [1.29, 1.82) is 0 Å². The van der Waals surface area contributed by atoms with Gasteiger partial charge in [-0.15, -0.1) is 0 Å². The molecule has 1 saturated heterocycles. The van der Waals surface area contributed by atoms with Gasteiger partial charge in [-0.3, -0.25) is 4.79 Å². The van der Waals surface area contributed by atoms with E-state index >= 15 is 0 Å². The standard InChI is InChI=1S/C35H31FN4O3/c1-26-20-40(35(41)23-38(26)22-30-19-37-25-39(30)21-28-11-7-12-29(36)17-28)33-15-5-6-16-34(33)43-32-14-8-13-31(18-32)42-24-27-9-3-2-4-10-27/h2-19,25H,1,20-24H2. The maximum Gasteiger partial charge on any atom is 0.246 e. The maximum atomic E-state index is 13.7. The van der Waals surface area contributed by atoms with Crippen molar-refractivity contribution in [2.24, 2.45) is 0 Å². The van der Waals surface area contributed by atoms with Crippen molar-refractivity contribution in [1.82, 2.24) is 14.5 Å². The first-order chi connectivity index (χ1) is 21.0. The molecule has 1 aromatic heterocycles. The quantitative estimate of drug-likeness (QED) is 0.184. The molecule has 0 saturated carbocycles. The maximum absolute atomic E-state index is 13.7. The van der Waals surface area contributed by atoms with Crippen LogP contribution >= 0.6 is 0 Å². The highest BCUT2D eigenvalue weighted by atomic mass is 19.1. The summed E-state index contributed by atoms with van der Waals surface area (Å²) in [4.78, 5) is 21.4. The van der Waals surface area contributed by atoms with Crippen LogP contribution in [-0.4, -0.2) is 33.4 Å². The Hall–Kier alpha value is -5.37. The molecular formula is C35H31FN4O3. The highest BCUT2D eigenvalue weighted by molar-refractivity contribution is 5.97. The number of amides is 1. The molecule has 0 N–H and O–H groups in total. The van der Waals surface area contributed by atoms with Gasteiger partial charge in [0, 0.05) is 24.5 Å². The van der Waals surface area contributed by atoms with E-state index in [0.29, 0.717) is 49.2 Å². The number of aromatic nitrogens is 2. The van der Waals surface area contributed by atoms with E-state index in [1.807, 2.05) is 94.4 Å². The van der Waals surface area contributed by atoms with Gasteiger partial charge in [-0.05, 0) is 47.5 Å². The fourth-order valence-corrected chi connectivity index (χ4v) is 5.03. The van der Waals surface area contributed by atoms with Gasteiger partial charge in [0.05, 0.1) is 37.3 Å². The van der Waals surface area contributed by atoms with Crippen LogP contribution in [0.4, 0.5) is 10.1 Å². The molecule has 0 unspecified atom stereocenters. The lowest BCUT2D eigenvalue weighted by Crippen LogP contribution is -2.48. The van der Waals surface area contributed by atoms with E-state index in [9.17, 15) is 9.18 Å². The second-order valence-corrected chi connectivity index (χ2v) is 10.4. The highest BCUT2D eigenvalue weighted by Crippen LogP contribution is 2.35. The van der Waals surface area contributed by atoms with Gasteiger partial charge in [-0.1, -0.05) is 67.2 Å². The van der Waals surface area contributed by atoms with Crippen LogP contribution in [0.3, 0.4) is 0 Å². The van der Waals surface area contributed by atoms with Gasteiger partial charge in [-0.25, -0.2) is 9.37 Å². The third-order valence-electron chi connectivity index (χ3n) is 7.25. The van der Waals surface area contributed by atoms with Gasteiger partial charge in [0.1, 0.15) is 23.9 Å². The van der Waals surface area contributed by atoms with Gasteiger partial charge >= 0.3 is 0 Å². The number of nitrogens with zero attached hydrogens (tertiary/aromatic N) is 4. The Bertz CT molecular complexity index is 1740. The monoisotopic (exact) mass is 574 g/mol. The molecule has 0 bridgehead atoms. The van der Waals surface area contributed by atoms with Gasteiger partial charge in [-0.2, -0.15) is 0 Å². The Labute approximate surface area is 250 Å². The summed E-state index contributed by atoms with van der Waals surface area (Å²) in [7, 11) is 0. The molecular weight excluding hydrogens is 543 g/mol. The second kappa shape index (κ2) is 12.7. The third kappa shape index (κ3) is 6.76. The average Bonchev–Trinajstić information content (AvgIpc) is 3.45. The van der Waals surface area contributed by atoms with Gasteiger partial charge in [0.15, 0.2) is 5.75 Å². The van der Waals surface area contributed by atoms with E-state index < -0.39 is 0 Å². The fraction of sp³-hybridized carbons (Fsp3) is 0.143. The summed E-state index contributed by atoms with van der Waals surface area (Å²) >= 11 is 0. The predicted molar refractivity (Wildman–Crippen MR) is 163 cm³/mol. The van der Waals surface area contributed by atoms with Crippen molar-refractivity contribution in [2.75, 3.05) is 18.0 Å². The predicted octanol–water partition coefficient (Wildman–Crippen LogP) is 6.80. The SMILES string of the molecule is C=C1CN(c2ccccc2Oc2cccc(OCc3ccccc3)c2)C(=O)CN1Cc1cncn1Cc1cccc(F)c1. The Morgan fingerprint density at radius 3 is 2.44 bits per heavy atom. The van der Waals surface area contributed by atoms with Crippen LogP contribution in [0.5, 0.6) is 17.2 Å². The van der Waals surface area contributed by atoms with Gasteiger partial charge in [0.2, 0.25) is 5.91 Å². The third-order valence-corrected chi connectivity index (χ3v) is 7.25. The van der Waals surface area contributed by atoms with E-state index in [4.69, 9.17) is 9.47 Å². The van der Waals surface area contributed by atoms with Crippen molar-refractivity contribution in [3.63, 3.8) is 0 Å². The van der Waals surface area contributed by atoms with E-state index in [1.54, 1.807) is 23.5 Å². The first-order valence-electron chi connectivity index (χ1n) is 14.0. The minimum Gasteiger partial charge on any atom is -0.489 e. The van der Waals surface area contributed by atoms with Crippen molar-refractivity contribution < 1.29 is 18.7 Å². The molecule has 6 rings (SSSR count). The Morgan fingerprint density at radius 1 is 0.814 bits per heavy atom. The number of carbonyl (C=O) groups excluding carboxylic acids is 1. The molecule has 1 amide bonds. The Morgan fingerprint density at radius 2 is 1.58 bits per heavy atom. The van der Waals surface area contributed by atoms with Crippen LogP contribution in [0.25, 0.3) is 0 Å². The molecule has 8 heteroatoms. The molecule has 7 nitrogen and oxygen atoms in total. The number of piperazine rings is 1.